The Kier molecular flexibility index (Phi) is 0.581. The number of ether oxygens (including phenoxy) is 1. The Hall–Kier alpha value is -0.530. The van der Waals surface area contributed by atoms with Crippen molar-refractivity contribution < 1.29 is 9.53 Å². The fraction of sp³-hybridized carbons (Fsp3) is 0.833. The monoisotopic (exact) mass is 112 g/mol. The van der Waals surface area contributed by atoms with E-state index in [-0.39, 0.29) is 12.1 Å². The van der Waals surface area contributed by atoms with Crippen molar-refractivity contribution in [3.63, 3.8) is 0 Å². The Balaban J connectivity index is 2.19. The van der Waals surface area contributed by atoms with Gasteiger partial charge in [0.15, 0.2) is 0 Å². The Morgan fingerprint density at radius 1 is 1.75 bits per heavy atom. The Bertz CT molecular complexity index is 141. The molecule has 0 bridgehead atoms. The first-order valence-corrected chi connectivity index (χ1v) is 2.99. The van der Waals surface area contributed by atoms with E-state index in [1.165, 1.54) is 0 Å². The molecule has 1 saturated carbocycles. The molecule has 0 spiro atoms. The van der Waals surface area contributed by atoms with Crippen LogP contribution in [-0.2, 0) is 9.53 Å². The number of esters is 1. The van der Waals surface area contributed by atoms with Gasteiger partial charge in [0.25, 0.3) is 0 Å². The summed E-state index contributed by atoms with van der Waals surface area (Å²) >= 11 is 0. The highest BCUT2D eigenvalue weighted by Gasteiger charge is 2.54. The molecule has 0 unspecified atom stereocenters. The minimum absolute atomic E-state index is 0.0301. The zero-order valence-electron chi connectivity index (χ0n) is 4.76. The molecule has 2 nitrogen and oxygen atoms in total. The molecule has 0 radical (unpaired) electrons. The summed E-state index contributed by atoms with van der Waals surface area (Å²) in [6.45, 7) is 1.97. The molecular weight excluding hydrogens is 104 g/mol. The molecule has 0 aromatic carbocycles. The third-order valence-electron chi connectivity index (χ3n) is 2.05. The van der Waals surface area contributed by atoms with Crippen LogP contribution in [0.2, 0.25) is 0 Å². The van der Waals surface area contributed by atoms with Gasteiger partial charge in [-0.05, 0) is 13.3 Å². The van der Waals surface area contributed by atoms with E-state index >= 15 is 0 Å². The van der Waals surface area contributed by atoms with Gasteiger partial charge in [0, 0.05) is 5.92 Å². The van der Waals surface area contributed by atoms with Crippen LogP contribution in [0.1, 0.15) is 13.3 Å². The number of rotatable bonds is 0. The zero-order valence-corrected chi connectivity index (χ0v) is 4.76. The number of carbonyl (C=O) groups is 1. The van der Waals surface area contributed by atoms with Crippen molar-refractivity contribution in [2.75, 3.05) is 0 Å². The first-order chi connectivity index (χ1) is 3.79. The number of carbonyl (C=O) groups excluding carboxylic acids is 1. The summed E-state index contributed by atoms with van der Waals surface area (Å²) in [5.74, 6) is 0.912. The first-order valence-electron chi connectivity index (χ1n) is 2.99. The maximum absolute atomic E-state index is 10.6. The van der Waals surface area contributed by atoms with Gasteiger partial charge in [-0.15, -0.1) is 0 Å². The van der Waals surface area contributed by atoms with Gasteiger partial charge in [-0.2, -0.15) is 0 Å². The molecule has 1 aliphatic heterocycles. The maximum Gasteiger partial charge on any atom is 0.309 e. The van der Waals surface area contributed by atoms with E-state index < -0.39 is 0 Å². The van der Waals surface area contributed by atoms with Crippen molar-refractivity contribution in [3.05, 3.63) is 0 Å². The lowest BCUT2D eigenvalue weighted by Gasteiger charge is -2.02. The van der Waals surface area contributed by atoms with Gasteiger partial charge in [-0.1, -0.05) is 0 Å². The predicted octanol–water partition coefficient (Wildman–Crippen LogP) is 0.568. The molecule has 1 heterocycles. The summed E-state index contributed by atoms with van der Waals surface area (Å²) < 4.78 is 4.88. The first kappa shape index (κ1) is 4.36. The van der Waals surface area contributed by atoms with Crippen molar-refractivity contribution in [3.8, 4) is 0 Å². The smallest absolute Gasteiger partial charge is 0.309 e. The van der Waals surface area contributed by atoms with Gasteiger partial charge in [-0.3, -0.25) is 4.79 Å². The zero-order chi connectivity index (χ0) is 5.72. The second kappa shape index (κ2) is 1.07. The fourth-order valence-corrected chi connectivity index (χ4v) is 1.36. The molecule has 0 aromatic heterocycles. The molecule has 3 atom stereocenters. The van der Waals surface area contributed by atoms with Crippen molar-refractivity contribution in [1.82, 2.24) is 0 Å². The van der Waals surface area contributed by atoms with E-state index in [4.69, 9.17) is 4.74 Å². The molecule has 0 aromatic rings. The fourth-order valence-electron chi connectivity index (χ4n) is 1.36. The minimum atomic E-state index is 0.0301. The lowest BCUT2D eigenvalue weighted by Crippen LogP contribution is -2.07. The molecule has 0 N–H and O–H groups in total. The van der Waals surface area contributed by atoms with E-state index in [1.807, 2.05) is 6.92 Å². The van der Waals surface area contributed by atoms with Crippen LogP contribution in [0.4, 0.5) is 0 Å². The van der Waals surface area contributed by atoms with Crippen molar-refractivity contribution >= 4 is 5.97 Å². The van der Waals surface area contributed by atoms with Crippen LogP contribution in [0.5, 0.6) is 0 Å². The Morgan fingerprint density at radius 3 is 2.62 bits per heavy atom. The van der Waals surface area contributed by atoms with Gasteiger partial charge in [0.2, 0.25) is 0 Å². The average Bonchev–Trinajstić information content (AvgIpc) is 2.35. The van der Waals surface area contributed by atoms with E-state index in [0.29, 0.717) is 11.8 Å². The molecule has 2 aliphatic rings. The summed E-state index contributed by atoms with van der Waals surface area (Å²) in [7, 11) is 0. The van der Waals surface area contributed by atoms with Crippen LogP contribution in [0, 0.1) is 11.8 Å². The van der Waals surface area contributed by atoms with E-state index in [1.54, 1.807) is 0 Å². The van der Waals surface area contributed by atoms with Gasteiger partial charge in [0.05, 0.1) is 5.92 Å². The molecule has 2 heteroatoms. The Morgan fingerprint density at radius 2 is 2.50 bits per heavy atom. The molecule has 1 saturated heterocycles. The summed E-state index contributed by atoms with van der Waals surface area (Å²) in [4.78, 5) is 10.6. The van der Waals surface area contributed by atoms with E-state index in [9.17, 15) is 4.79 Å². The summed E-state index contributed by atoms with van der Waals surface area (Å²) in [5.41, 5.74) is 0. The van der Waals surface area contributed by atoms with Crippen LogP contribution in [0.15, 0.2) is 0 Å². The van der Waals surface area contributed by atoms with Crippen LogP contribution in [0.25, 0.3) is 0 Å². The van der Waals surface area contributed by atoms with Gasteiger partial charge < -0.3 is 4.74 Å². The summed E-state index contributed by atoms with van der Waals surface area (Å²) in [6, 6.07) is 0. The molecule has 2 fully saturated rings. The summed E-state index contributed by atoms with van der Waals surface area (Å²) in [6.07, 6.45) is 1.30. The SMILES string of the molecule is C[C@@H]1OC(=O)[C@H]2C[C@@H]12. The predicted molar refractivity (Wildman–Crippen MR) is 27.2 cm³/mol. The lowest BCUT2D eigenvalue weighted by atomic mass is 10.2. The van der Waals surface area contributed by atoms with Crippen molar-refractivity contribution in [1.29, 1.82) is 0 Å². The quantitative estimate of drug-likeness (QED) is 0.428. The second-order valence-electron chi connectivity index (χ2n) is 2.65. The molecule has 8 heavy (non-hydrogen) atoms. The topological polar surface area (TPSA) is 26.3 Å². The average molecular weight is 112 g/mol. The van der Waals surface area contributed by atoms with E-state index in [2.05, 4.69) is 0 Å². The normalized spacial score (nSPS) is 50.6. The molecule has 1 aliphatic carbocycles. The highest BCUT2D eigenvalue weighted by molar-refractivity contribution is 5.78. The van der Waals surface area contributed by atoms with Crippen LogP contribution in [-0.4, -0.2) is 12.1 Å². The summed E-state index contributed by atoms with van der Waals surface area (Å²) in [5, 5.41) is 0. The van der Waals surface area contributed by atoms with Gasteiger partial charge >= 0.3 is 5.97 Å². The molecule has 2 rings (SSSR count). The van der Waals surface area contributed by atoms with Crippen LogP contribution >= 0.6 is 0 Å². The van der Waals surface area contributed by atoms with Crippen LogP contribution in [0.3, 0.4) is 0 Å². The molecular formula is C6H8O2. The second-order valence-corrected chi connectivity index (χ2v) is 2.65. The lowest BCUT2D eigenvalue weighted by molar-refractivity contribution is -0.144. The number of hydrogen-bond acceptors (Lipinski definition) is 2. The third kappa shape index (κ3) is 0.358. The van der Waals surface area contributed by atoms with Crippen LogP contribution < -0.4 is 0 Å². The van der Waals surface area contributed by atoms with Crippen molar-refractivity contribution in [2.24, 2.45) is 11.8 Å². The highest BCUT2D eigenvalue weighted by atomic mass is 16.6. The molecule has 44 valence electrons. The molecule has 0 amide bonds. The number of fused-ring (bicyclic) bond motifs is 1. The van der Waals surface area contributed by atoms with Gasteiger partial charge in [-0.25, -0.2) is 0 Å². The number of cyclic esters (lactones) is 1. The van der Waals surface area contributed by atoms with E-state index in [0.717, 1.165) is 6.42 Å². The van der Waals surface area contributed by atoms with Gasteiger partial charge in [0.1, 0.15) is 6.10 Å². The number of hydrogen-bond donors (Lipinski definition) is 0. The highest BCUT2D eigenvalue weighted by Crippen LogP contribution is 2.48. The van der Waals surface area contributed by atoms with Crippen molar-refractivity contribution in [2.45, 2.75) is 19.4 Å². The minimum Gasteiger partial charge on any atom is -0.462 e. The maximum atomic E-state index is 10.6. The third-order valence-corrected chi connectivity index (χ3v) is 2.05. The standard InChI is InChI=1S/C6H8O2/c1-3-4-2-5(4)6(7)8-3/h3-5H,2H2,1H3/t3-,4-,5-/m0/s1. The largest absolute Gasteiger partial charge is 0.462 e. The Labute approximate surface area is 47.8 Å².